The standard InChI is InChI=1S/C24H23Cl2NO4/c1-17(28)31-23-16-19(30-15-6-5-14-29-18-8-3-2-4-9-18)12-13-22(23)27-24-20(25)10-7-11-21(24)26/h2-4,7-13,16,27H,5-6,14-15H2,1H3. The number of halogens is 2. The molecule has 0 aliphatic rings. The Hall–Kier alpha value is -2.89. The van der Waals surface area contributed by atoms with Crippen LogP contribution in [0.4, 0.5) is 11.4 Å². The number of hydrogen-bond donors (Lipinski definition) is 1. The number of ether oxygens (including phenoxy) is 3. The van der Waals surface area contributed by atoms with E-state index in [9.17, 15) is 4.79 Å². The number of unbranched alkanes of at least 4 members (excludes halogenated alkanes) is 1. The first-order valence-corrected chi connectivity index (χ1v) is 10.6. The first-order valence-electron chi connectivity index (χ1n) is 9.87. The van der Waals surface area contributed by atoms with E-state index >= 15 is 0 Å². The van der Waals surface area contributed by atoms with Crippen molar-refractivity contribution in [3.63, 3.8) is 0 Å². The van der Waals surface area contributed by atoms with Crippen LogP contribution in [0.1, 0.15) is 19.8 Å². The van der Waals surface area contributed by atoms with Crippen molar-refractivity contribution < 1.29 is 19.0 Å². The molecular weight excluding hydrogens is 437 g/mol. The fraction of sp³-hybridized carbons (Fsp3) is 0.208. The molecule has 3 aromatic rings. The first-order chi connectivity index (χ1) is 15.0. The molecule has 0 aliphatic carbocycles. The van der Waals surface area contributed by atoms with Crippen molar-refractivity contribution >= 4 is 40.5 Å². The quantitative estimate of drug-likeness (QED) is 0.203. The molecule has 0 aromatic heterocycles. The van der Waals surface area contributed by atoms with Crippen molar-refractivity contribution in [1.82, 2.24) is 0 Å². The lowest BCUT2D eigenvalue weighted by Crippen LogP contribution is -2.06. The molecule has 3 aromatic carbocycles. The molecule has 0 unspecified atom stereocenters. The third-order valence-electron chi connectivity index (χ3n) is 4.25. The van der Waals surface area contributed by atoms with Gasteiger partial charge in [-0.3, -0.25) is 4.79 Å². The monoisotopic (exact) mass is 459 g/mol. The molecule has 0 aliphatic heterocycles. The van der Waals surface area contributed by atoms with E-state index in [1.165, 1.54) is 6.92 Å². The summed E-state index contributed by atoms with van der Waals surface area (Å²) < 4.78 is 16.8. The van der Waals surface area contributed by atoms with E-state index < -0.39 is 5.97 Å². The normalized spacial score (nSPS) is 10.4. The minimum Gasteiger partial charge on any atom is -0.494 e. The predicted molar refractivity (Wildman–Crippen MR) is 124 cm³/mol. The van der Waals surface area contributed by atoms with Gasteiger partial charge >= 0.3 is 5.97 Å². The molecule has 0 radical (unpaired) electrons. The molecule has 0 spiro atoms. The number of benzene rings is 3. The molecule has 5 nitrogen and oxygen atoms in total. The second-order valence-electron chi connectivity index (χ2n) is 6.69. The van der Waals surface area contributed by atoms with Crippen LogP contribution in [0.15, 0.2) is 66.7 Å². The molecular formula is C24H23Cl2NO4. The number of rotatable bonds is 10. The van der Waals surface area contributed by atoms with Gasteiger partial charge in [-0.05, 0) is 49.2 Å². The Labute approximate surface area is 191 Å². The van der Waals surface area contributed by atoms with E-state index in [0.717, 1.165) is 18.6 Å². The molecule has 0 amide bonds. The smallest absolute Gasteiger partial charge is 0.308 e. The first kappa shape index (κ1) is 22.8. The lowest BCUT2D eigenvalue weighted by molar-refractivity contribution is -0.131. The third-order valence-corrected chi connectivity index (χ3v) is 4.88. The Balaban J connectivity index is 1.57. The van der Waals surface area contributed by atoms with Crippen molar-refractivity contribution in [1.29, 1.82) is 0 Å². The van der Waals surface area contributed by atoms with Crippen LogP contribution in [0.5, 0.6) is 17.2 Å². The Morgan fingerprint density at radius 1 is 0.839 bits per heavy atom. The average molecular weight is 460 g/mol. The maximum Gasteiger partial charge on any atom is 0.308 e. The third kappa shape index (κ3) is 7.09. The SMILES string of the molecule is CC(=O)Oc1cc(OCCCCOc2ccccc2)ccc1Nc1c(Cl)cccc1Cl. The van der Waals surface area contributed by atoms with Crippen LogP contribution in [-0.4, -0.2) is 19.2 Å². The number of carbonyl (C=O) groups is 1. The number of esters is 1. The summed E-state index contributed by atoms with van der Waals surface area (Å²) in [5.41, 5.74) is 1.08. The van der Waals surface area contributed by atoms with Gasteiger partial charge in [0.2, 0.25) is 0 Å². The Kier molecular flexibility index (Phi) is 8.44. The van der Waals surface area contributed by atoms with Gasteiger partial charge in [0.05, 0.1) is 34.6 Å². The molecule has 31 heavy (non-hydrogen) atoms. The zero-order valence-electron chi connectivity index (χ0n) is 17.1. The predicted octanol–water partition coefficient (Wildman–Crippen LogP) is 6.90. The highest BCUT2D eigenvalue weighted by molar-refractivity contribution is 6.39. The van der Waals surface area contributed by atoms with Gasteiger partial charge in [-0.2, -0.15) is 0 Å². The molecule has 7 heteroatoms. The molecule has 0 saturated carbocycles. The topological polar surface area (TPSA) is 56.8 Å². The highest BCUT2D eigenvalue weighted by Gasteiger charge is 2.12. The Morgan fingerprint density at radius 2 is 1.48 bits per heavy atom. The molecule has 1 N–H and O–H groups in total. The van der Waals surface area contributed by atoms with Crippen molar-refractivity contribution in [2.45, 2.75) is 19.8 Å². The summed E-state index contributed by atoms with van der Waals surface area (Å²) in [4.78, 5) is 11.6. The number of anilines is 2. The van der Waals surface area contributed by atoms with E-state index in [1.807, 2.05) is 30.3 Å². The van der Waals surface area contributed by atoms with Gasteiger partial charge < -0.3 is 19.5 Å². The minimum atomic E-state index is -0.441. The molecule has 0 bridgehead atoms. The Morgan fingerprint density at radius 3 is 2.13 bits per heavy atom. The molecule has 3 rings (SSSR count). The summed E-state index contributed by atoms with van der Waals surface area (Å²) in [5.74, 6) is 1.34. The second kappa shape index (κ2) is 11.5. The van der Waals surface area contributed by atoms with Crippen LogP contribution >= 0.6 is 23.2 Å². The van der Waals surface area contributed by atoms with Crippen molar-refractivity contribution in [3.05, 3.63) is 76.8 Å². The maximum absolute atomic E-state index is 11.6. The molecule has 0 fully saturated rings. The summed E-state index contributed by atoms with van der Waals surface area (Å²) in [5, 5.41) is 4.04. The van der Waals surface area contributed by atoms with Crippen molar-refractivity contribution in [2.75, 3.05) is 18.5 Å². The second-order valence-corrected chi connectivity index (χ2v) is 7.50. The molecule has 0 saturated heterocycles. The number of para-hydroxylation sites is 2. The fourth-order valence-electron chi connectivity index (χ4n) is 2.79. The fourth-order valence-corrected chi connectivity index (χ4v) is 3.28. The van der Waals surface area contributed by atoms with E-state index in [4.69, 9.17) is 37.4 Å². The zero-order valence-corrected chi connectivity index (χ0v) is 18.6. The van der Waals surface area contributed by atoms with Crippen molar-refractivity contribution in [3.8, 4) is 17.2 Å². The number of hydrogen-bond acceptors (Lipinski definition) is 5. The van der Waals surface area contributed by atoms with Gasteiger partial charge in [0.25, 0.3) is 0 Å². The van der Waals surface area contributed by atoms with Crippen LogP contribution in [-0.2, 0) is 4.79 Å². The van der Waals surface area contributed by atoms with Gasteiger partial charge in [-0.25, -0.2) is 0 Å². The van der Waals surface area contributed by atoms with E-state index in [1.54, 1.807) is 36.4 Å². The Bertz CT molecular complexity index is 991. The molecule has 162 valence electrons. The largest absolute Gasteiger partial charge is 0.494 e. The van der Waals surface area contributed by atoms with E-state index in [0.29, 0.717) is 46.1 Å². The average Bonchev–Trinajstić information content (AvgIpc) is 2.75. The van der Waals surface area contributed by atoms with E-state index in [2.05, 4.69) is 5.32 Å². The van der Waals surface area contributed by atoms with Crippen LogP contribution < -0.4 is 19.5 Å². The van der Waals surface area contributed by atoms with Gasteiger partial charge in [0, 0.05) is 13.0 Å². The summed E-state index contributed by atoms with van der Waals surface area (Å²) in [6.45, 7) is 2.47. The maximum atomic E-state index is 11.6. The van der Waals surface area contributed by atoms with Gasteiger partial charge in [0.15, 0.2) is 5.75 Å². The highest BCUT2D eigenvalue weighted by Crippen LogP contribution is 2.37. The number of nitrogens with one attached hydrogen (secondary N) is 1. The zero-order chi connectivity index (χ0) is 22.1. The van der Waals surface area contributed by atoms with Crippen LogP contribution in [0.2, 0.25) is 10.0 Å². The minimum absolute atomic E-state index is 0.327. The molecule has 0 heterocycles. The van der Waals surface area contributed by atoms with Gasteiger partial charge in [-0.15, -0.1) is 0 Å². The van der Waals surface area contributed by atoms with Gasteiger partial charge in [0.1, 0.15) is 11.5 Å². The van der Waals surface area contributed by atoms with Crippen molar-refractivity contribution in [2.24, 2.45) is 0 Å². The number of carbonyl (C=O) groups excluding carboxylic acids is 1. The lowest BCUT2D eigenvalue weighted by Gasteiger charge is -2.15. The highest BCUT2D eigenvalue weighted by atomic mass is 35.5. The van der Waals surface area contributed by atoms with Gasteiger partial charge in [-0.1, -0.05) is 47.5 Å². The molecule has 0 atom stereocenters. The van der Waals surface area contributed by atoms with Crippen LogP contribution in [0, 0.1) is 0 Å². The summed E-state index contributed by atoms with van der Waals surface area (Å²) in [7, 11) is 0. The van der Waals surface area contributed by atoms with E-state index in [-0.39, 0.29) is 0 Å². The lowest BCUT2D eigenvalue weighted by atomic mass is 10.2. The summed E-state index contributed by atoms with van der Waals surface area (Å²) >= 11 is 12.5. The summed E-state index contributed by atoms with van der Waals surface area (Å²) in [6, 6.07) is 20.1. The van der Waals surface area contributed by atoms with Crippen LogP contribution in [0.25, 0.3) is 0 Å². The van der Waals surface area contributed by atoms with Crippen LogP contribution in [0.3, 0.4) is 0 Å². The summed E-state index contributed by atoms with van der Waals surface area (Å²) in [6.07, 6.45) is 1.68.